The third-order valence-corrected chi connectivity index (χ3v) is 4.20. The van der Waals surface area contributed by atoms with Crippen LogP contribution < -0.4 is 14.2 Å². The van der Waals surface area contributed by atoms with E-state index in [2.05, 4.69) is 4.72 Å². The number of hydrogen-bond donors (Lipinski definition) is 1. The van der Waals surface area contributed by atoms with Gasteiger partial charge < -0.3 is 9.47 Å². The summed E-state index contributed by atoms with van der Waals surface area (Å²) in [7, 11) is -3.62. The molecule has 1 N–H and O–H groups in total. The second-order valence-electron chi connectivity index (χ2n) is 4.71. The maximum absolute atomic E-state index is 12.4. The lowest BCUT2D eigenvalue weighted by Crippen LogP contribution is -2.30. The summed E-state index contributed by atoms with van der Waals surface area (Å²) >= 11 is 0. The van der Waals surface area contributed by atoms with E-state index in [-0.39, 0.29) is 10.9 Å². The molecule has 1 aromatic carbocycles. The molecule has 1 rings (SSSR count). The summed E-state index contributed by atoms with van der Waals surface area (Å²) in [6.45, 7) is 9.96. The van der Waals surface area contributed by atoms with Gasteiger partial charge >= 0.3 is 0 Å². The van der Waals surface area contributed by atoms with Crippen molar-refractivity contribution in [2.75, 3.05) is 13.2 Å². The van der Waals surface area contributed by atoms with Gasteiger partial charge in [0.05, 0.1) is 13.2 Å². The van der Waals surface area contributed by atoms with Crippen molar-refractivity contribution in [2.24, 2.45) is 0 Å². The maximum atomic E-state index is 12.4. The largest absolute Gasteiger partial charge is 0.494 e. The summed E-state index contributed by atoms with van der Waals surface area (Å²) < 4.78 is 38.2. The standard InChI is InChI=1S/C14H23NO4S/c1-6-18-12-9-14(20(16,17)15-10(3)4)13(19-7-2)8-11(12)5/h8-10,15H,6-7H2,1-5H3. The molecule has 0 fully saturated rings. The molecule has 0 saturated carbocycles. The number of aryl methyl sites for hydroxylation is 1. The topological polar surface area (TPSA) is 64.6 Å². The molecule has 0 radical (unpaired) electrons. The van der Waals surface area contributed by atoms with Gasteiger partial charge in [0.15, 0.2) is 0 Å². The van der Waals surface area contributed by atoms with Crippen LogP contribution in [0.1, 0.15) is 33.3 Å². The van der Waals surface area contributed by atoms with E-state index in [1.165, 1.54) is 6.07 Å². The van der Waals surface area contributed by atoms with Gasteiger partial charge in [-0.1, -0.05) is 0 Å². The summed E-state index contributed by atoms with van der Waals surface area (Å²) in [5.41, 5.74) is 0.846. The number of sulfonamides is 1. The first-order valence-electron chi connectivity index (χ1n) is 6.74. The molecule has 0 unspecified atom stereocenters. The van der Waals surface area contributed by atoms with Crippen molar-refractivity contribution in [1.82, 2.24) is 4.72 Å². The van der Waals surface area contributed by atoms with Crippen LogP contribution in [0.2, 0.25) is 0 Å². The van der Waals surface area contributed by atoms with Crippen LogP contribution in [0, 0.1) is 6.92 Å². The van der Waals surface area contributed by atoms with Gasteiger partial charge in [0, 0.05) is 12.1 Å². The highest BCUT2D eigenvalue weighted by atomic mass is 32.2. The van der Waals surface area contributed by atoms with Gasteiger partial charge in [-0.05, 0) is 46.2 Å². The average Bonchev–Trinajstić information content (AvgIpc) is 2.31. The van der Waals surface area contributed by atoms with Crippen LogP contribution in [-0.4, -0.2) is 27.7 Å². The monoisotopic (exact) mass is 301 g/mol. The fourth-order valence-corrected chi connectivity index (χ4v) is 3.20. The van der Waals surface area contributed by atoms with E-state index in [4.69, 9.17) is 9.47 Å². The van der Waals surface area contributed by atoms with Crippen molar-refractivity contribution in [3.63, 3.8) is 0 Å². The molecule has 0 aliphatic heterocycles. The van der Waals surface area contributed by atoms with Crippen LogP contribution in [-0.2, 0) is 10.0 Å². The van der Waals surface area contributed by atoms with Crippen LogP contribution in [0.4, 0.5) is 0 Å². The second kappa shape index (κ2) is 6.95. The van der Waals surface area contributed by atoms with Gasteiger partial charge in [0.1, 0.15) is 16.4 Å². The van der Waals surface area contributed by atoms with Crippen molar-refractivity contribution in [3.05, 3.63) is 17.7 Å². The predicted molar refractivity (Wildman–Crippen MR) is 79.0 cm³/mol. The van der Waals surface area contributed by atoms with Crippen LogP contribution >= 0.6 is 0 Å². The first-order valence-corrected chi connectivity index (χ1v) is 8.22. The van der Waals surface area contributed by atoms with E-state index in [0.717, 1.165) is 5.56 Å². The Morgan fingerprint density at radius 2 is 1.65 bits per heavy atom. The Balaban J connectivity index is 3.36. The Morgan fingerprint density at radius 3 is 2.15 bits per heavy atom. The summed E-state index contributed by atoms with van der Waals surface area (Å²) in [6.07, 6.45) is 0. The summed E-state index contributed by atoms with van der Waals surface area (Å²) in [4.78, 5) is 0.113. The van der Waals surface area contributed by atoms with E-state index < -0.39 is 10.0 Å². The maximum Gasteiger partial charge on any atom is 0.244 e. The summed E-state index contributed by atoms with van der Waals surface area (Å²) in [5, 5.41) is 0. The molecule has 0 atom stereocenters. The molecule has 114 valence electrons. The first kappa shape index (κ1) is 16.8. The quantitative estimate of drug-likeness (QED) is 0.840. The molecular weight excluding hydrogens is 278 g/mol. The molecule has 1 aromatic rings. The van der Waals surface area contributed by atoms with Crippen molar-refractivity contribution >= 4 is 10.0 Å². The van der Waals surface area contributed by atoms with Crippen LogP contribution in [0.3, 0.4) is 0 Å². The SMILES string of the molecule is CCOc1cc(S(=O)(=O)NC(C)C)c(OCC)cc1C. The first-order chi connectivity index (χ1) is 9.31. The lowest BCUT2D eigenvalue weighted by Gasteiger charge is -2.16. The molecule has 0 aliphatic carbocycles. The van der Waals surface area contributed by atoms with Gasteiger partial charge in [-0.3, -0.25) is 0 Å². The van der Waals surface area contributed by atoms with E-state index in [1.807, 2.05) is 20.8 Å². The number of hydrogen-bond acceptors (Lipinski definition) is 4. The van der Waals surface area contributed by atoms with Gasteiger partial charge in [-0.2, -0.15) is 0 Å². The smallest absolute Gasteiger partial charge is 0.244 e. The molecule has 0 bridgehead atoms. The molecule has 5 nitrogen and oxygen atoms in total. The highest BCUT2D eigenvalue weighted by molar-refractivity contribution is 7.89. The Labute approximate surface area is 121 Å². The fourth-order valence-electron chi connectivity index (χ4n) is 1.81. The van der Waals surface area contributed by atoms with Crippen LogP contribution in [0.5, 0.6) is 11.5 Å². The predicted octanol–water partition coefficient (Wildman–Crippen LogP) is 2.48. The Hall–Kier alpha value is -1.27. The van der Waals surface area contributed by atoms with Crippen LogP contribution in [0.15, 0.2) is 17.0 Å². The second-order valence-corrected chi connectivity index (χ2v) is 6.39. The molecular formula is C14H23NO4S. The van der Waals surface area contributed by atoms with Crippen molar-refractivity contribution in [3.8, 4) is 11.5 Å². The number of rotatable bonds is 7. The molecule has 0 spiro atoms. The third kappa shape index (κ3) is 4.11. The molecule has 6 heteroatoms. The molecule has 0 amide bonds. The normalized spacial score (nSPS) is 11.7. The zero-order valence-electron chi connectivity index (χ0n) is 12.7. The van der Waals surface area contributed by atoms with E-state index in [1.54, 1.807) is 19.9 Å². The van der Waals surface area contributed by atoms with Gasteiger partial charge in [0.2, 0.25) is 10.0 Å². The minimum absolute atomic E-state index is 0.113. The van der Waals surface area contributed by atoms with Crippen molar-refractivity contribution < 1.29 is 17.9 Å². The lowest BCUT2D eigenvalue weighted by atomic mass is 10.2. The van der Waals surface area contributed by atoms with Crippen LogP contribution in [0.25, 0.3) is 0 Å². The summed E-state index contributed by atoms with van der Waals surface area (Å²) in [5.74, 6) is 0.904. The number of nitrogens with one attached hydrogen (secondary N) is 1. The molecule has 20 heavy (non-hydrogen) atoms. The highest BCUT2D eigenvalue weighted by Crippen LogP contribution is 2.32. The van der Waals surface area contributed by atoms with Gasteiger partial charge in [-0.15, -0.1) is 0 Å². The lowest BCUT2D eigenvalue weighted by molar-refractivity contribution is 0.320. The van der Waals surface area contributed by atoms with Gasteiger partial charge in [-0.25, -0.2) is 13.1 Å². The third-order valence-electron chi connectivity index (χ3n) is 2.52. The zero-order chi connectivity index (χ0) is 15.3. The van der Waals surface area contributed by atoms with Gasteiger partial charge in [0.25, 0.3) is 0 Å². The Morgan fingerprint density at radius 1 is 1.10 bits per heavy atom. The Bertz CT molecular complexity index is 553. The zero-order valence-corrected chi connectivity index (χ0v) is 13.5. The highest BCUT2D eigenvalue weighted by Gasteiger charge is 2.22. The fraction of sp³-hybridized carbons (Fsp3) is 0.571. The minimum atomic E-state index is -3.62. The molecule has 0 aromatic heterocycles. The van der Waals surface area contributed by atoms with E-state index >= 15 is 0 Å². The van der Waals surface area contributed by atoms with Crippen molar-refractivity contribution in [1.29, 1.82) is 0 Å². The average molecular weight is 301 g/mol. The van der Waals surface area contributed by atoms with E-state index in [9.17, 15) is 8.42 Å². The number of ether oxygens (including phenoxy) is 2. The summed E-state index contributed by atoms with van der Waals surface area (Å²) in [6, 6.07) is 3.03. The number of benzene rings is 1. The van der Waals surface area contributed by atoms with Crippen molar-refractivity contribution in [2.45, 2.75) is 45.6 Å². The minimum Gasteiger partial charge on any atom is -0.494 e. The molecule has 0 heterocycles. The molecule has 0 aliphatic rings. The molecule has 0 saturated heterocycles. The van der Waals surface area contributed by atoms with E-state index in [0.29, 0.717) is 24.7 Å². The Kier molecular flexibility index (Phi) is 5.83.